The lowest BCUT2D eigenvalue weighted by molar-refractivity contribution is -0.139. The minimum absolute atomic E-state index is 0.0272. The number of carbonyl (C=O) groups excluding carboxylic acids is 2. The van der Waals surface area contributed by atoms with Gasteiger partial charge in [-0.2, -0.15) is 0 Å². The standard InChI is InChI=1S/C18H19Cl2NO2/c19-13-10-8-12(9-11-13)15-16(20)18(23)21(17(15)22)14-6-4-2-1-3-5-7-14/h8-11,14H,1-7H2. The highest BCUT2D eigenvalue weighted by Crippen LogP contribution is 2.35. The van der Waals surface area contributed by atoms with E-state index >= 15 is 0 Å². The maximum absolute atomic E-state index is 12.8. The smallest absolute Gasteiger partial charge is 0.270 e. The number of imide groups is 1. The molecule has 3 rings (SSSR count). The van der Waals surface area contributed by atoms with Crippen LogP contribution in [0.5, 0.6) is 0 Å². The molecule has 0 radical (unpaired) electrons. The lowest BCUT2D eigenvalue weighted by atomic mass is 9.95. The molecule has 0 aromatic heterocycles. The van der Waals surface area contributed by atoms with Crippen molar-refractivity contribution in [2.75, 3.05) is 0 Å². The molecule has 1 aromatic rings. The van der Waals surface area contributed by atoms with E-state index in [1.807, 2.05) is 0 Å². The van der Waals surface area contributed by atoms with Gasteiger partial charge in [0, 0.05) is 11.1 Å². The molecule has 0 bridgehead atoms. The van der Waals surface area contributed by atoms with Crippen LogP contribution in [0.15, 0.2) is 29.3 Å². The van der Waals surface area contributed by atoms with Crippen LogP contribution in [0.25, 0.3) is 5.57 Å². The molecule has 3 nitrogen and oxygen atoms in total. The predicted octanol–water partition coefficient (Wildman–Crippen LogP) is 4.77. The summed E-state index contributed by atoms with van der Waals surface area (Å²) in [6.45, 7) is 0. The third-order valence-corrected chi connectivity index (χ3v) is 5.23. The molecular weight excluding hydrogens is 333 g/mol. The van der Waals surface area contributed by atoms with Crippen LogP contribution in [0, 0.1) is 0 Å². The Hall–Kier alpha value is -1.32. The van der Waals surface area contributed by atoms with E-state index in [9.17, 15) is 9.59 Å². The average Bonchev–Trinajstić information content (AvgIpc) is 2.72. The van der Waals surface area contributed by atoms with E-state index < -0.39 is 0 Å². The molecule has 0 N–H and O–H groups in total. The first-order valence-electron chi connectivity index (χ1n) is 8.13. The number of halogens is 2. The van der Waals surface area contributed by atoms with Crippen molar-refractivity contribution in [3.8, 4) is 0 Å². The van der Waals surface area contributed by atoms with E-state index in [1.165, 1.54) is 11.3 Å². The zero-order valence-electron chi connectivity index (χ0n) is 12.9. The van der Waals surface area contributed by atoms with Gasteiger partial charge in [0.05, 0.1) is 5.57 Å². The summed E-state index contributed by atoms with van der Waals surface area (Å²) in [5.41, 5.74) is 0.946. The van der Waals surface area contributed by atoms with Crippen molar-refractivity contribution >= 4 is 40.6 Å². The second-order valence-corrected chi connectivity index (χ2v) is 6.99. The van der Waals surface area contributed by atoms with Crippen molar-refractivity contribution in [1.82, 2.24) is 4.90 Å². The summed E-state index contributed by atoms with van der Waals surface area (Å²) in [6, 6.07) is 6.82. The first-order chi connectivity index (χ1) is 11.1. The van der Waals surface area contributed by atoms with Crippen molar-refractivity contribution in [3.05, 3.63) is 39.9 Å². The number of rotatable bonds is 2. The zero-order chi connectivity index (χ0) is 16.4. The van der Waals surface area contributed by atoms with Crippen molar-refractivity contribution in [1.29, 1.82) is 0 Å². The molecule has 1 aromatic carbocycles. The maximum atomic E-state index is 12.8. The fraction of sp³-hybridized carbons (Fsp3) is 0.444. The fourth-order valence-corrected chi connectivity index (χ4v) is 3.82. The molecule has 0 unspecified atom stereocenters. The van der Waals surface area contributed by atoms with E-state index in [-0.39, 0.29) is 22.9 Å². The lowest BCUT2D eigenvalue weighted by Crippen LogP contribution is -2.41. The summed E-state index contributed by atoms with van der Waals surface area (Å²) in [4.78, 5) is 26.8. The topological polar surface area (TPSA) is 37.4 Å². The van der Waals surface area contributed by atoms with Crippen LogP contribution >= 0.6 is 23.2 Å². The average molecular weight is 352 g/mol. The molecule has 0 spiro atoms. The number of carbonyl (C=O) groups is 2. The molecule has 1 heterocycles. The summed E-state index contributed by atoms with van der Waals surface area (Å²) in [5, 5.41) is 0.610. The van der Waals surface area contributed by atoms with E-state index in [2.05, 4.69) is 0 Å². The number of amides is 2. The van der Waals surface area contributed by atoms with Crippen LogP contribution in [-0.2, 0) is 9.59 Å². The van der Waals surface area contributed by atoms with Gasteiger partial charge in [-0.05, 0) is 30.5 Å². The van der Waals surface area contributed by atoms with E-state index in [0.717, 1.165) is 38.5 Å². The molecule has 1 aliphatic carbocycles. The van der Waals surface area contributed by atoms with Gasteiger partial charge in [-0.25, -0.2) is 0 Å². The summed E-state index contributed by atoms with van der Waals surface area (Å²) in [7, 11) is 0. The quantitative estimate of drug-likeness (QED) is 0.719. The summed E-state index contributed by atoms with van der Waals surface area (Å²) < 4.78 is 0. The van der Waals surface area contributed by atoms with E-state index in [0.29, 0.717) is 16.2 Å². The highest BCUT2D eigenvalue weighted by atomic mass is 35.5. The molecule has 0 saturated heterocycles. The maximum Gasteiger partial charge on any atom is 0.273 e. The molecule has 1 fully saturated rings. The van der Waals surface area contributed by atoms with Gasteiger partial charge in [0.25, 0.3) is 11.8 Å². The van der Waals surface area contributed by atoms with E-state index in [4.69, 9.17) is 23.2 Å². The number of benzene rings is 1. The minimum Gasteiger partial charge on any atom is -0.270 e. The van der Waals surface area contributed by atoms with Crippen molar-refractivity contribution in [2.45, 2.75) is 51.0 Å². The van der Waals surface area contributed by atoms with Gasteiger partial charge in [0.1, 0.15) is 5.03 Å². The molecular formula is C18H19Cl2NO2. The van der Waals surface area contributed by atoms with Gasteiger partial charge in [-0.15, -0.1) is 0 Å². The second-order valence-electron chi connectivity index (χ2n) is 6.18. The van der Waals surface area contributed by atoms with Crippen molar-refractivity contribution in [2.24, 2.45) is 0 Å². The highest BCUT2D eigenvalue weighted by molar-refractivity contribution is 6.55. The van der Waals surface area contributed by atoms with Gasteiger partial charge < -0.3 is 0 Å². The third-order valence-electron chi connectivity index (χ3n) is 4.63. The zero-order valence-corrected chi connectivity index (χ0v) is 14.4. The first-order valence-corrected chi connectivity index (χ1v) is 8.89. The number of nitrogens with zero attached hydrogens (tertiary/aromatic N) is 1. The Morgan fingerprint density at radius 3 is 2.00 bits per heavy atom. The molecule has 1 saturated carbocycles. The molecule has 0 atom stereocenters. The van der Waals surface area contributed by atoms with Gasteiger partial charge >= 0.3 is 0 Å². The Morgan fingerprint density at radius 2 is 1.39 bits per heavy atom. The summed E-state index contributed by atoms with van der Waals surface area (Å²) in [5.74, 6) is -0.625. The Balaban J connectivity index is 1.87. The highest BCUT2D eigenvalue weighted by Gasteiger charge is 2.41. The molecule has 5 heteroatoms. The number of hydrogen-bond donors (Lipinski definition) is 0. The normalized spacial score (nSPS) is 20.9. The second kappa shape index (κ2) is 7.06. The molecule has 122 valence electrons. The minimum atomic E-state index is -0.354. The summed E-state index contributed by atoms with van der Waals surface area (Å²) >= 11 is 12.1. The van der Waals surface area contributed by atoms with Crippen LogP contribution < -0.4 is 0 Å². The molecule has 2 aliphatic rings. The van der Waals surface area contributed by atoms with Crippen molar-refractivity contribution in [3.63, 3.8) is 0 Å². The van der Waals surface area contributed by atoms with Gasteiger partial charge in [-0.3, -0.25) is 14.5 Å². The van der Waals surface area contributed by atoms with Crippen LogP contribution in [0.1, 0.15) is 50.5 Å². The van der Waals surface area contributed by atoms with Gasteiger partial charge in [-0.1, -0.05) is 67.4 Å². The Morgan fingerprint density at radius 1 is 0.826 bits per heavy atom. The molecule has 23 heavy (non-hydrogen) atoms. The monoisotopic (exact) mass is 351 g/mol. The van der Waals surface area contributed by atoms with Crippen LogP contribution in [0.2, 0.25) is 5.02 Å². The number of hydrogen-bond acceptors (Lipinski definition) is 2. The molecule has 2 amide bonds. The SMILES string of the molecule is O=C1C(Cl)=C(c2ccc(Cl)cc2)C(=O)N1C1CCCCCCC1. The largest absolute Gasteiger partial charge is 0.273 e. The van der Waals surface area contributed by atoms with Gasteiger partial charge in [0.2, 0.25) is 0 Å². The Bertz CT molecular complexity index is 643. The third kappa shape index (κ3) is 3.31. The summed E-state index contributed by atoms with van der Waals surface area (Å²) in [6.07, 6.45) is 7.41. The Labute approximate surface area is 146 Å². The Kier molecular flexibility index (Phi) is 5.08. The first kappa shape index (κ1) is 16.5. The fourth-order valence-electron chi connectivity index (χ4n) is 3.41. The molecule has 1 aliphatic heterocycles. The predicted molar refractivity (Wildman–Crippen MR) is 92.2 cm³/mol. The van der Waals surface area contributed by atoms with Gasteiger partial charge in [0.15, 0.2) is 0 Å². The lowest BCUT2D eigenvalue weighted by Gasteiger charge is -2.28. The van der Waals surface area contributed by atoms with Crippen LogP contribution in [0.4, 0.5) is 0 Å². The van der Waals surface area contributed by atoms with E-state index in [1.54, 1.807) is 24.3 Å². The van der Waals surface area contributed by atoms with Crippen molar-refractivity contribution < 1.29 is 9.59 Å². The van der Waals surface area contributed by atoms with Crippen LogP contribution in [-0.4, -0.2) is 22.8 Å². The van der Waals surface area contributed by atoms with Crippen LogP contribution in [0.3, 0.4) is 0 Å².